The van der Waals surface area contributed by atoms with Gasteiger partial charge in [-0.05, 0) is 49.7 Å². The summed E-state index contributed by atoms with van der Waals surface area (Å²) < 4.78 is 0. The van der Waals surface area contributed by atoms with Gasteiger partial charge in [0.15, 0.2) is 0 Å². The van der Waals surface area contributed by atoms with Crippen LogP contribution in [0.4, 0.5) is 0 Å². The second-order valence-electron chi connectivity index (χ2n) is 6.19. The second-order valence-corrected chi connectivity index (χ2v) is 6.19. The number of nitrogens with zero attached hydrogens (tertiary/aromatic N) is 2. The van der Waals surface area contributed by atoms with Gasteiger partial charge < -0.3 is 5.32 Å². The van der Waals surface area contributed by atoms with Crippen molar-refractivity contribution >= 4 is 5.91 Å². The zero-order valence-electron chi connectivity index (χ0n) is 13.4. The van der Waals surface area contributed by atoms with Gasteiger partial charge in [-0.1, -0.05) is 30.3 Å². The number of fused-ring (bicyclic) bond motifs is 1. The third-order valence-electron chi connectivity index (χ3n) is 4.40. The maximum Gasteiger partial charge on any atom is 0.220 e. The Morgan fingerprint density at radius 2 is 2.09 bits per heavy atom. The lowest BCUT2D eigenvalue weighted by Gasteiger charge is -2.24. The first-order valence-electron chi connectivity index (χ1n) is 8.42. The molecule has 0 radical (unpaired) electrons. The van der Waals surface area contributed by atoms with E-state index in [1.54, 1.807) is 6.33 Å². The minimum absolute atomic E-state index is 0.170. The minimum atomic E-state index is 0.170. The van der Waals surface area contributed by atoms with Gasteiger partial charge in [0.25, 0.3) is 0 Å². The van der Waals surface area contributed by atoms with Gasteiger partial charge in [0.05, 0.1) is 0 Å². The van der Waals surface area contributed by atoms with E-state index in [0.29, 0.717) is 6.42 Å². The summed E-state index contributed by atoms with van der Waals surface area (Å²) in [6.45, 7) is 0. The lowest BCUT2D eigenvalue weighted by atomic mass is 9.93. The van der Waals surface area contributed by atoms with Gasteiger partial charge in [-0.25, -0.2) is 9.97 Å². The van der Waals surface area contributed by atoms with Gasteiger partial charge in [0.2, 0.25) is 5.91 Å². The summed E-state index contributed by atoms with van der Waals surface area (Å²) in [4.78, 5) is 20.5. The Hall–Kier alpha value is -2.23. The van der Waals surface area contributed by atoms with Crippen molar-refractivity contribution in [2.24, 2.45) is 0 Å². The molecule has 23 heavy (non-hydrogen) atoms. The second kappa shape index (κ2) is 7.86. The largest absolute Gasteiger partial charge is 0.353 e. The standard InChI is InChI=1S/C19H23N3O/c23-19(9-5-4-8-15-6-2-1-3-7-15)22-17-10-11-18-16(12-17)13-20-14-21-18/h1-3,6-7,13-14,17H,4-5,8-12H2,(H,22,23). The summed E-state index contributed by atoms with van der Waals surface area (Å²) in [7, 11) is 0. The molecule has 4 heteroatoms. The molecule has 0 aliphatic heterocycles. The highest BCUT2D eigenvalue weighted by atomic mass is 16.1. The van der Waals surface area contributed by atoms with Gasteiger partial charge in [-0.2, -0.15) is 0 Å². The maximum absolute atomic E-state index is 12.1. The molecule has 1 aromatic heterocycles. The van der Waals surface area contributed by atoms with E-state index in [0.717, 1.165) is 44.2 Å². The van der Waals surface area contributed by atoms with Crippen LogP contribution in [-0.2, 0) is 24.1 Å². The van der Waals surface area contributed by atoms with Crippen molar-refractivity contribution in [1.82, 2.24) is 15.3 Å². The van der Waals surface area contributed by atoms with E-state index in [-0.39, 0.29) is 11.9 Å². The van der Waals surface area contributed by atoms with Crippen LogP contribution in [0, 0.1) is 0 Å². The van der Waals surface area contributed by atoms with Crippen LogP contribution >= 0.6 is 0 Å². The smallest absolute Gasteiger partial charge is 0.220 e. The van der Waals surface area contributed by atoms with E-state index < -0.39 is 0 Å². The fraction of sp³-hybridized carbons (Fsp3) is 0.421. The Morgan fingerprint density at radius 3 is 2.96 bits per heavy atom. The Kier molecular flexibility index (Phi) is 5.35. The normalized spacial score (nSPS) is 16.6. The van der Waals surface area contributed by atoms with E-state index in [4.69, 9.17) is 0 Å². The molecule has 0 bridgehead atoms. The number of carbonyl (C=O) groups excluding carboxylic acids is 1. The number of hydrogen-bond acceptors (Lipinski definition) is 3. The van der Waals surface area contributed by atoms with E-state index in [1.165, 1.54) is 11.1 Å². The Morgan fingerprint density at radius 1 is 1.22 bits per heavy atom. The first-order valence-corrected chi connectivity index (χ1v) is 8.42. The molecular weight excluding hydrogens is 286 g/mol. The van der Waals surface area contributed by atoms with Crippen molar-refractivity contribution in [3.63, 3.8) is 0 Å². The molecule has 0 saturated carbocycles. The highest BCUT2D eigenvalue weighted by Gasteiger charge is 2.20. The molecule has 0 saturated heterocycles. The molecule has 1 aliphatic carbocycles. The fourth-order valence-corrected chi connectivity index (χ4v) is 3.14. The number of hydrogen-bond donors (Lipinski definition) is 1. The summed E-state index contributed by atoms with van der Waals surface area (Å²) in [5.41, 5.74) is 3.65. The molecule has 1 aromatic carbocycles. The van der Waals surface area contributed by atoms with Crippen LogP contribution in [0.3, 0.4) is 0 Å². The summed E-state index contributed by atoms with van der Waals surface area (Å²) in [6, 6.07) is 10.7. The molecule has 1 unspecified atom stereocenters. The zero-order valence-corrected chi connectivity index (χ0v) is 13.4. The van der Waals surface area contributed by atoms with Crippen molar-refractivity contribution in [2.45, 2.75) is 51.0 Å². The summed E-state index contributed by atoms with van der Waals surface area (Å²) in [5.74, 6) is 0.170. The van der Waals surface area contributed by atoms with Crippen molar-refractivity contribution in [3.8, 4) is 0 Å². The molecule has 1 atom stereocenters. The quantitative estimate of drug-likeness (QED) is 0.835. The molecule has 2 aromatic rings. The Balaban J connectivity index is 1.37. The van der Waals surface area contributed by atoms with Gasteiger partial charge in [-0.15, -0.1) is 0 Å². The Bertz CT molecular complexity index is 642. The molecular formula is C19H23N3O. The van der Waals surface area contributed by atoms with Crippen LogP contribution in [0.5, 0.6) is 0 Å². The first-order chi connectivity index (χ1) is 11.3. The number of unbranched alkanes of at least 4 members (excludes halogenated alkanes) is 1. The lowest BCUT2D eigenvalue weighted by Crippen LogP contribution is -2.39. The fourth-order valence-electron chi connectivity index (χ4n) is 3.14. The van der Waals surface area contributed by atoms with Crippen LogP contribution < -0.4 is 5.32 Å². The molecule has 1 aliphatic rings. The molecule has 1 amide bonds. The molecule has 3 rings (SSSR count). The number of rotatable bonds is 6. The number of benzene rings is 1. The predicted octanol–water partition coefficient (Wildman–Crippen LogP) is 2.86. The lowest BCUT2D eigenvalue weighted by molar-refractivity contribution is -0.122. The van der Waals surface area contributed by atoms with E-state index in [9.17, 15) is 4.79 Å². The van der Waals surface area contributed by atoms with Crippen LogP contribution in [0.1, 0.15) is 42.5 Å². The first kappa shape index (κ1) is 15.7. The molecule has 0 spiro atoms. The molecule has 1 heterocycles. The molecule has 0 fully saturated rings. The highest BCUT2D eigenvalue weighted by molar-refractivity contribution is 5.76. The summed E-state index contributed by atoms with van der Waals surface area (Å²) >= 11 is 0. The van der Waals surface area contributed by atoms with Gasteiger partial charge in [0.1, 0.15) is 6.33 Å². The number of aryl methyl sites for hydroxylation is 2. The highest BCUT2D eigenvalue weighted by Crippen LogP contribution is 2.18. The Labute approximate surface area is 137 Å². The number of amides is 1. The zero-order chi connectivity index (χ0) is 15.9. The SMILES string of the molecule is O=C(CCCCc1ccccc1)NC1CCc2ncncc2C1. The van der Waals surface area contributed by atoms with Crippen molar-refractivity contribution < 1.29 is 4.79 Å². The van der Waals surface area contributed by atoms with Gasteiger partial charge >= 0.3 is 0 Å². The van der Waals surface area contributed by atoms with Gasteiger partial charge in [-0.3, -0.25) is 4.79 Å². The van der Waals surface area contributed by atoms with Crippen LogP contribution in [0.2, 0.25) is 0 Å². The predicted molar refractivity (Wildman–Crippen MR) is 90.0 cm³/mol. The summed E-state index contributed by atoms with van der Waals surface area (Å²) in [5, 5.41) is 3.16. The van der Waals surface area contributed by atoms with Crippen LogP contribution in [-0.4, -0.2) is 21.9 Å². The van der Waals surface area contributed by atoms with E-state index in [1.807, 2.05) is 12.3 Å². The average molecular weight is 309 g/mol. The number of nitrogens with one attached hydrogen (secondary N) is 1. The third-order valence-corrected chi connectivity index (χ3v) is 4.40. The van der Waals surface area contributed by atoms with Crippen LogP contribution in [0.25, 0.3) is 0 Å². The topological polar surface area (TPSA) is 54.9 Å². The van der Waals surface area contributed by atoms with Crippen molar-refractivity contribution in [3.05, 3.63) is 59.7 Å². The third kappa shape index (κ3) is 4.62. The number of aromatic nitrogens is 2. The summed E-state index contributed by atoms with van der Waals surface area (Å²) in [6.07, 6.45) is 9.88. The van der Waals surface area contributed by atoms with E-state index >= 15 is 0 Å². The van der Waals surface area contributed by atoms with Crippen LogP contribution in [0.15, 0.2) is 42.9 Å². The number of carbonyl (C=O) groups is 1. The van der Waals surface area contributed by atoms with Crippen molar-refractivity contribution in [1.29, 1.82) is 0 Å². The minimum Gasteiger partial charge on any atom is -0.353 e. The molecule has 120 valence electrons. The van der Waals surface area contributed by atoms with Crippen molar-refractivity contribution in [2.75, 3.05) is 0 Å². The monoisotopic (exact) mass is 309 g/mol. The molecule has 4 nitrogen and oxygen atoms in total. The average Bonchev–Trinajstić information content (AvgIpc) is 2.59. The van der Waals surface area contributed by atoms with Gasteiger partial charge in [0, 0.05) is 24.4 Å². The van der Waals surface area contributed by atoms with E-state index in [2.05, 4.69) is 39.6 Å². The maximum atomic E-state index is 12.1. The molecule has 1 N–H and O–H groups in total.